The first-order valence-corrected chi connectivity index (χ1v) is 14.6. The third kappa shape index (κ3) is 5.04. The molecule has 210 valence electrons. The van der Waals surface area contributed by atoms with Crippen molar-refractivity contribution in [2.45, 2.75) is 26.4 Å². The fraction of sp³-hybridized carbons (Fsp3) is 0.414. The summed E-state index contributed by atoms with van der Waals surface area (Å²) in [4.78, 5) is 29.9. The van der Waals surface area contributed by atoms with Crippen molar-refractivity contribution in [3.8, 4) is 11.3 Å². The molecule has 2 aliphatic rings. The van der Waals surface area contributed by atoms with Gasteiger partial charge in [0, 0.05) is 69.5 Å². The summed E-state index contributed by atoms with van der Waals surface area (Å²) in [5.41, 5.74) is 5.08. The van der Waals surface area contributed by atoms with Gasteiger partial charge in [-0.25, -0.2) is 14.4 Å². The molecule has 0 unspecified atom stereocenters. The molecule has 1 N–H and O–H groups in total. The highest BCUT2D eigenvalue weighted by Gasteiger charge is 2.30. The van der Waals surface area contributed by atoms with Crippen molar-refractivity contribution in [2.75, 3.05) is 62.7 Å². The van der Waals surface area contributed by atoms with Crippen LogP contribution in [0.15, 0.2) is 41.9 Å². The fourth-order valence-corrected chi connectivity index (χ4v) is 6.17. The van der Waals surface area contributed by atoms with E-state index in [0.29, 0.717) is 57.9 Å². The van der Waals surface area contributed by atoms with Gasteiger partial charge in [-0.15, -0.1) is 11.3 Å². The van der Waals surface area contributed by atoms with Gasteiger partial charge in [0.1, 0.15) is 5.82 Å². The summed E-state index contributed by atoms with van der Waals surface area (Å²) >= 11 is 1.55. The molecule has 3 aromatic heterocycles. The zero-order valence-corrected chi connectivity index (χ0v) is 23.9. The normalized spacial score (nSPS) is 16.5. The number of fused-ring (bicyclic) bond motifs is 1. The van der Waals surface area contributed by atoms with Crippen LogP contribution in [0.1, 0.15) is 18.2 Å². The highest BCUT2D eigenvalue weighted by Crippen LogP contribution is 2.35. The Morgan fingerprint density at radius 1 is 1.15 bits per heavy atom. The lowest BCUT2D eigenvalue weighted by Gasteiger charge is -2.39. The number of imidazole rings is 1. The van der Waals surface area contributed by atoms with Gasteiger partial charge in [-0.3, -0.25) is 14.1 Å². The smallest absolute Gasteiger partial charge is 0.236 e. The van der Waals surface area contributed by atoms with Crippen LogP contribution in [0.25, 0.3) is 16.9 Å². The summed E-state index contributed by atoms with van der Waals surface area (Å²) in [5.74, 6) is 0.501. The Hall–Kier alpha value is -3.54. The third-order valence-electron chi connectivity index (χ3n) is 7.80. The average molecular weight is 564 g/mol. The van der Waals surface area contributed by atoms with E-state index in [1.807, 2.05) is 34.8 Å². The third-order valence-corrected chi connectivity index (χ3v) is 8.71. The van der Waals surface area contributed by atoms with E-state index < -0.39 is 6.10 Å². The highest BCUT2D eigenvalue weighted by atomic mass is 32.1. The minimum atomic E-state index is -0.392. The molecular formula is C29H34FN7O2S. The van der Waals surface area contributed by atoms with E-state index in [-0.39, 0.29) is 11.7 Å². The number of benzene rings is 1. The summed E-state index contributed by atoms with van der Waals surface area (Å²) in [5, 5.41) is 12.3. The quantitative estimate of drug-likeness (QED) is 0.368. The Labute approximate surface area is 237 Å². The second-order valence-electron chi connectivity index (χ2n) is 10.6. The first-order chi connectivity index (χ1) is 19.3. The number of halogens is 1. The van der Waals surface area contributed by atoms with Crippen molar-refractivity contribution >= 4 is 39.5 Å². The van der Waals surface area contributed by atoms with Crippen LogP contribution in [0.3, 0.4) is 0 Å². The lowest BCUT2D eigenvalue weighted by molar-refractivity contribution is -0.142. The zero-order chi connectivity index (χ0) is 28.0. The molecule has 0 aliphatic carbocycles. The summed E-state index contributed by atoms with van der Waals surface area (Å²) in [6.07, 6.45) is 2.23. The number of aliphatic hydroxyl groups is 1. The molecule has 6 rings (SSSR count). The van der Waals surface area contributed by atoms with Crippen molar-refractivity contribution in [2.24, 2.45) is 0 Å². The minimum Gasteiger partial charge on any atom is -0.389 e. The topological polar surface area (TPSA) is 80.5 Å². The maximum Gasteiger partial charge on any atom is 0.236 e. The molecular weight excluding hydrogens is 529 g/mol. The molecule has 5 heterocycles. The largest absolute Gasteiger partial charge is 0.389 e. The summed E-state index contributed by atoms with van der Waals surface area (Å²) in [6.45, 7) is 8.08. The first kappa shape index (κ1) is 26.7. The number of anilines is 3. The van der Waals surface area contributed by atoms with Crippen LogP contribution >= 0.6 is 11.3 Å². The predicted molar refractivity (Wildman–Crippen MR) is 156 cm³/mol. The predicted octanol–water partition coefficient (Wildman–Crippen LogP) is 3.56. The zero-order valence-electron chi connectivity index (χ0n) is 23.0. The number of piperazine rings is 1. The summed E-state index contributed by atoms with van der Waals surface area (Å²) in [6, 6.07) is 9.88. The molecule has 0 radical (unpaired) electrons. The first-order valence-electron chi connectivity index (χ1n) is 13.7. The number of hydrogen-bond donors (Lipinski definition) is 1. The van der Waals surface area contributed by atoms with E-state index in [9.17, 15) is 9.90 Å². The van der Waals surface area contributed by atoms with Gasteiger partial charge in [0.15, 0.2) is 16.6 Å². The number of rotatable bonds is 7. The van der Waals surface area contributed by atoms with Gasteiger partial charge in [-0.2, -0.15) is 0 Å². The van der Waals surface area contributed by atoms with Crippen LogP contribution in [0, 0.1) is 12.7 Å². The molecule has 1 amide bonds. The number of aryl methyl sites for hydroxylation is 2. The molecule has 0 bridgehead atoms. The second kappa shape index (κ2) is 10.8. The Morgan fingerprint density at radius 3 is 2.55 bits per heavy atom. The number of likely N-dealkylation sites (tertiary alicyclic amines) is 1. The molecule has 40 heavy (non-hydrogen) atoms. The Balaban J connectivity index is 1.23. The maximum absolute atomic E-state index is 15.4. The van der Waals surface area contributed by atoms with Crippen molar-refractivity contribution < 1.29 is 14.3 Å². The monoisotopic (exact) mass is 563 g/mol. The van der Waals surface area contributed by atoms with Gasteiger partial charge in [0.2, 0.25) is 5.91 Å². The SMILES string of the molecule is CCc1nc2c(F)cc(N3CCN(CC(=O)N4CC(O)C4)CC3)cn2c1N(C)c1nc(-c2ccc(C)cc2)cs1. The molecule has 2 aliphatic heterocycles. The van der Waals surface area contributed by atoms with Gasteiger partial charge < -0.3 is 19.8 Å². The van der Waals surface area contributed by atoms with E-state index in [1.165, 1.54) is 5.56 Å². The number of hydrogen-bond acceptors (Lipinski definition) is 8. The lowest BCUT2D eigenvalue weighted by Crippen LogP contribution is -2.57. The van der Waals surface area contributed by atoms with Crippen molar-refractivity contribution in [3.05, 3.63) is 59.0 Å². The number of carbonyl (C=O) groups is 1. The van der Waals surface area contributed by atoms with Crippen LogP contribution in [-0.4, -0.2) is 94.1 Å². The van der Waals surface area contributed by atoms with Crippen LogP contribution in [-0.2, 0) is 11.2 Å². The molecule has 11 heteroatoms. The van der Waals surface area contributed by atoms with E-state index in [0.717, 1.165) is 33.6 Å². The number of aromatic nitrogens is 3. The lowest BCUT2D eigenvalue weighted by atomic mass is 10.1. The second-order valence-corrected chi connectivity index (χ2v) is 11.5. The van der Waals surface area contributed by atoms with E-state index in [4.69, 9.17) is 4.98 Å². The van der Waals surface area contributed by atoms with Crippen molar-refractivity contribution in [1.82, 2.24) is 24.2 Å². The van der Waals surface area contributed by atoms with Gasteiger partial charge in [-0.05, 0) is 13.3 Å². The Bertz CT molecular complexity index is 1520. The van der Waals surface area contributed by atoms with Crippen molar-refractivity contribution in [1.29, 1.82) is 0 Å². The van der Waals surface area contributed by atoms with Crippen molar-refractivity contribution in [3.63, 3.8) is 0 Å². The molecule has 1 aromatic carbocycles. The number of aliphatic hydroxyl groups excluding tert-OH is 1. The Morgan fingerprint density at radius 2 is 1.88 bits per heavy atom. The van der Waals surface area contributed by atoms with Crippen LogP contribution in [0.4, 0.5) is 21.0 Å². The van der Waals surface area contributed by atoms with E-state index in [2.05, 4.69) is 46.0 Å². The van der Waals surface area contributed by atoms with Gasteiger partial charge in [-0.1, -0.05) is 36.8 Å². The molecule has 0 saturated carbocycles. The van der Waals surface area contributed by atoms with E-state index >= 15 is 4.39 Å². The number of β-amino-alcohol motifs (C(OH)–C–C–N with tert-alkyl or cyclic N) is 1. The number of nitrogens with zero attached hydrogens (tertiary/aromatic N) is 7. The molecule has 0 atom stereocenters. The van der Waals surface area contributed by atoms with Gasteiger partial charge in [0.05, 0.1) is 29.7 Å². The van der Waals surface area contributed by atoms with E-state index in [1.54, 1.807) is 22.3 Å². The summed E-state index contributed by atoms with van der Waals surface area (Å²) < 4.78 is 17.3. The van der Waals surface area contributed by atoms with Crippen LogP contribution < -0.4 is 9.80 Å². The van der Waals surface area contributed by atoms with Crippen LogP contribution in [0.5, 0.6) is 0 Å². The molecule has 2 saturated heterocycles. The maximum atomic E-state index is 15.4. The van der Waals surface area contributed by atoms with Gasteiger partial charge in [0.25, 0.3) is 0 Å². The number of pyridine rings is 1. The molecule has 4 aromatic rings. The highest BCUT2D eigenvalue weighted by molar-refractivity contribution is 7.14. The number of thiazole rings is 1. The molecule has 0 spiro atoms. The van der Waals surface area contributed by atoms with Gasteiger partial charge >= 0.3 is 0 Å². The standard InChI is InChI=1S/C29H34FN7O2S/c1-4-24-28(33(3)29-32-25(18-40-29)20-7-5-19(2)6-8-20)37-14-21(13-23(30)27(37)31-24)35-11-9-34(10-12-35)17-26(39)36-15-22(38)16-36/h5-8,13-14,18,22,38H,4,9-12,15-17H2,1-3H3. The molecule has 2 fully saturated rings. The average Bonchev–Trinajstić information content (AvgIpc) is 3.57. The number of amides is 1. The Kier molecular flexibility index (Phi) is 7.20. The number of carbonyl (C=O) groups excluding carboxylic acids is 1. The van der Waals surface area contributed by atoms with Crippen LogP contribution in [0.2, 0.25) is 0 Å². The fourth-order valence-electron chi connectivity index (χ4n) is 5.37. The summed E-state index contributed by atoms with van der Waals surface area (Å²) in [7, 11) is 1.96. The minimum absolute atomic E-state index is 0.0529. The molecule has 9 nitrogen and oxygen atoms in total.